The van der Waals surface area contributed by atoms with E-state index >= 15 is 0 Å². The maximum atomic E-state index is 10.8. The summed E-state index contributed by atoms with van der Waals surface area (Å²) in [5.41, 5.74) is 6.12. The highest BCUT2D eigenvalue weighted by Gasteiger charge is 2.03. The molecule has 2 heterocycles. The van der Waals surface area contributed by atoms with Crippen LogP contribution in [0.15, 0.2) is 15.2 Å². The SMILES string of the molecule is Nc1nnc(SCc2cc(=O)[nH][nH]2)s1. The molecule has 0 amide bonds. The van der Waals surface area contributed by atoms with Gasteiger partial charge in [-0.1, -0.05) is 23.1 Å². The second-order valence-corrected chi connectivity index (χ2v) is 4.71. The van der Waals surface area contributed by atoms with E-state index in [0.29, 0.717) is 10.9 Å². The van der Waals surface area contributed by atoms with Gasteiger partial charge in [-0.3, -0.25) is 9.89 Å². The van der Waals surface area contributed by atoms with Gasteiger partial charge in [0.1, 0.15) is 0 Å². The number of nitrogens with zero attached hydrogens (tertiary/aromatic N) is 2. The third-order valence-corrected chi connectivity index (χ3v) is 3.36. The van der Waals surface area contributed by atoms with Gasteiger partial charge >= 0.3 is 0 Å². The summed E-state index contributed by atoms with van der Waals surface area (Å²) in [6, 6.07) is 1.51. The molecule has 2 aromatic rings. The molecule has 0 saturated heterocycles. The van der Waals surface area contributed by atoms with Crippen LogP contribution in [-0.4, -0.2) is 20.4 Å². The number of rotatable bonds is 3. The summed E-state index contributed by atoms with van der Waals surface area (Å²) in [6.45, 7) is 0. The third-order valence-electron chi connectivity index (χ3n) is 1.42. The molecule has 0 fully saturated rings. The van der Waals surface area contributed by atoms with Crippen LogP contribution in [0.3, 0.4) is 0 Å². The van der Waals surface area contributed by atoms with Crippen LogP contribution in [0, 0.1) is 0 Å². The molecule has 0 aliphatic carbocycles. The van der Waals surface area contributed by atoms with E-state index in [9.17, 15) is 4.79 Å². The van der Waals surface area contributed by atoms with Crippen LogP contribution in [0.1, 0.15) is 5.69 Å². The van der Waals surface area contributed by atoms with E-state index in [1.54, 1.807) is 0 Å². The number of thioether (sulfide) groups is 1. The van der Waals surface area contributed by atoms with E-state index in [1.807, 2.05) is 0 Å². The molecule has 0 aromatic carbocycles. The van der Waals surface area contributed by atoms with Gasteiger partial charge in [0.05, 0.1) is 0 Å². The number of nitrogens with two attached hydrogens (primary N) is 1. The predicted molar refractivity (Wildman–Crippen MR) is 55.3 cm³/mol. The van der Waals surface area contributed by atoms with Gasteiger partial charge in [0, 0.05) is 17.5 Å². The number of aromatic amines is 2. The molecule has 2 aromatic heterocycles. The maximum absolute atomic E-state index is 10.8. The summed E-state index contributed by atoms with van der Waals surface area (Å²) in [6.07, 6.45) is 0. The van der Waals surface area contributed by atoms with Crippen molar-refractivity contribution >= 4 is 28.2 Å². The Kier molecular flexibility index (Phi) is 2.55. The minimum Gasteiger partial charge on any atom is -0.374 e. The highest BCUT2D eigenvalue weighted by Crippen LogP contribution is 2.25. The number of anilines is 1. The van der Waals surface area contributed by atoms with Gasteiger partial charge in [-0.05, 0) is 0 Å². The first-order valence-electron chi connectivity index (χ1n) is 3.72. The fraction of sp³-hybridized carbons (Fsp3) is 0.167. The highest BCUT2D eigenvalue weighted by atomic mass is 32.2. The zero-order valence-corrected chi connectivity index (χ0v) is 8.61. The standard InChI is InChI=1S/C6H7N5OS2/c7-5-10-11-6(14-5)13-2-3-1-4(12)9-8-3/h1H,2H2,(H2,7,10)(H2,8,9,12). The minimum absolute atomic E-state index is 0.127. The van der Waals surface area contributed by atoms with Crippen LogP contribution in [0.5, 0.6) is 0 Å². The Morgan fingerprint density at radius 3 is 2.93 bits per heavy atom. The molecule has 6 nitrogen and oxygen atoms in total. The second-order valence-electron chi connectivity index (χ2n) is 2.48. The molecule has 74 valence electrons. The summed E-state index contributed by atoms with van der Waals surface area (Å²) >= 11 is 2.81. The van der Waals surface area contributed by atoms with Gasteiger partial charge in [-0.25, -0.2) is 0 Å². The maximum Gasteiger partial charge on any atom is 0.264 e. The van der Waals surface area contributed by atoms with Gasteiger partial charge in [0.2, 0.25) is 5.13 Å². The summed E-state index contributed by atoms with van der Waals surface area (Å²) in [7, 11) is 0. The van der Waals surface area contributed by atoms with E-state index in [1.165, 1.54) is 29.2 Å². The lowest BCUT2D eigenvalue weighted by Crippen LogP contribution is -1.93. The molecule has 0 aliphatic rings. The van der Waals surface area contributed by atoms with E-state index < -0.39 is 0 Å². The van der Waals surface area contributed by atoms with Crippen LogP contribution in [0.2, 0.25) is 0 Å². The number of nitrogen functional groups attached to an aromatic ring is 1. The summed E-state index contributed by atoms with van der Waals surface area (Å²) in [4.78, 5) is 10.8. The topological polar surface area (TPSA) is 100 Å². The largest absolute Gasteiger partial charge is 0.374 e. The van der Waals surface area contributed by atoms with Crippen LogP contribution < -0.4 is 11.3 Å². The zero-order chi connectivity index (χ0) is 9.97. The average Bonchev–Trinajstić information content (AvgIpc) is 2.72. The molecule has 4 N–H and O–H groups in total. The molecule has 0 bridgehead atoms. The molecular formula is C6H7N5OS2. The van der Waals surface area contributed by atoms with Crippen molar-refractivity contribution in [1.29, 1.82) is 0 Å². The van der Waals surface area contributed by atoms with Crippen LogP contribution in [0.25, 0.3) is 0 Å². The molecule has 8 heteroatoms. The summed E-state index contributed by atoms with van der Waals surface area (Å²) in [5, 5.41) is 13.2. The Morgan fingerprint density at radius 1 is 1.50 bits per heavy atom. The van der Waals surface area contributed by atoms with Crippen molar-refractivity contribution in [3.63, 3.8) is 0 Å². The van der Waals surface area contributed by atoms with Crippen molar-refractivity contribution in [3.8, 4) is 0 Å². The molecule has 2 rings (SSSR count). The first-order chi connectivity index (χ1) is 6.74. The van der Waals surface area contributed by atoms with Gasteiger partial charge in [0.15, 0.2) is 4.34 Å². The fourth-order valence-electron chi connectivity index (χ4n) is 0.868. The number of hydrogen-bond donors (Lipinski definition) is 3. The molecule has 0 atom stereocenters. The van der Waals surface area contributed by atoms with E-state index in [0.717, 1.165) is 10.0 Å². The van der Waals surface area contributed by atoms with Crippen molar-refractivity contribution in [2.24, 2.45) is 0 Å². The minimum atomic E-state index is -0.127. The number of aromatic nitrogens is 4. The Hall–Kier alpha value is -1.28. The normalized spacial score (nSPS) is 10.6. The van der Waals surface area contributed by atoms with Gasteiger partial charge in [-0.15, -0.1) is 10.2 Å². The van der Waals surface area contributed by atoms with Crippen molar-refractivity contribution < 1.29 is 0 Å². The summed E-state index contributed by atoms with van der Waals surface area (Å²) < 4.78 is 0.796. The van der Waals surface area contributed by atoms with Crippen molar-refractivity contribution in [1.82, 2.24) is 20.4 Å². The highest BCUT2D eigenvalue weighted by molar-refractivity contribution is 8.00. The zero-order valence-electron chi connectivity index (χ0n) is 6.98. The lowest BCUT2D eigenvalue weighted by atomic mass is 10.5. The quantitative estimate of drug-likeness (QED) is 0.663. The molecule has 0 saturated carbocycles. The van der Waals surface area contributed by atoms with Crippen LogP contribution >= 0.6 is 23.1 Å². The van der Waals surface area contributed by atoms with Gasteiger partial charge in [0.25, 0.3) is 5.56 Å². The smallest absolute Gasteiger partial charge is 0.264 e. The molecule has 0 radical (unpaired) electrons. The van der Waals surface area contributed by atoms with E-state index in [-0.39, 0.29) is 5.56 Å². The van der Waals surface area contributed by atoms with Gasteiger partial charge in [-0.2, -0.15) is 0 Å². The summed E-state index contributed by atoms with van der Waals surface area (Å²) in [5.74, 6) is 0.646. The Balaban J connectivity index is 1.98. The van der Waals surface area contributed by atoms with Crippen LogP contribution in [0.4, 0.5) is 5.13 Å². The van der Waals surface area contributed by atoms with Gasteiger partial charge < -0.3 is 10.8 Å². The molecule has 14 heavy (non-hydrogen) atoms. The fourth-order valence-corrected chi connectivity index (χ4v) is 2.41. The third kappa shape index (κ3) is 2.15. The first-order valence-corrected chi connectivity index (χ1v) is 5.52. The molecular weight excluding hydrogens is 222 g/mol. The predicted octanol–water partition coefficient (Wildman–Crippen LogP) is 0.429. The molecule has 0 unspecified atom stereocenters. The Labute approximate surface area is 86.9 Å². The number of H-pyrrole nitrogens is 2. The van der Waals surface area contributed by atoms with E-state index in [2.05, 4.69) is 20.4 Å². The van der Waals surface area contributed by atoms with Crippen LogP contribution in [-0.2, 0) is 5.75 Å². The lowest BCUT2D eigenvalue weighted by molar-refractivity contribution is 1.00. The van der Waals surface area contributed by atoms with Crippen molar-refractivity contribution in [3.05, 3.63) is 22.1 Å². The van der Waals surface area contributed by atoms with E-state index in [4.69, 9.17) is 5.73 Å². The van der Waals surface area contributed by atoms with Crippen molar-refractivity contribution in [2.75, 3.05) is 5.73 Å². The first kappa shape index (κ1) is 9.28. The number of hydrogen-bond acceptors (Lipinski definition) is 6. The molecule has 0 aliphatic heterocycles. The average molecular weight is 229 g/mol. The second kappa shape index (κ2) is 3.84. The Bertz CT molecular complexity index is 472. The monoisotopic (exact) mass is 229 g/mol. The molecule has 0 spiro atoms. The lowest BCUT2D eigenvalue weighted by Gasteiger charge is -1.91. The van der Waals surface area contributed by atoms with Crippen molar-refractivity contribution in [2.45, 2.75) is 10.1 Å². The number of nitrogens with one attached hydrogen (secondary N) is 2. The Morgan fingerprint density at radius 2 is 2.36 bits per heavy atom.